The highest BCUT2D eigenvalue weighted by atomic mass is 35.5. The van der Waals surface area contributed by atoms with Crippen LogP contribution in [-0.2, 0) is 6.54 Å². The van der Waals surface area contributed by atoms with Gasteiger partial charge in [-0.3, -0.25) is 0 Å². The summed E-state index contributed by atoms with van der Waals surface area (Å²) in [6.07, 6.45) is 21.3. The maximum absolute atomic E-state index is 3.22. The first-order valence-corrected chi connectivity index (χ1v) is 8.88. The SMILES string of the molecule is CCCCCCCCCCCCCC[n+]1cc[nH]c1C.[Cl-]. The smallest absolute Gasteiger partial charge is 0.251 e. The van der Waals surface area contributed by atoms with Crippen LogP contribution in [0.4, 0.5) is 0 Å². The predicted molar refractivity (Wildman–Crippen MR) is 86.8 cm³/mol. The van der Waals surface area contributed by atoms with Crippen molar-refractivity contribution in [2.45, 2.75) is 97.4 Å². The predicted octanol–water partition coefficient (Wildman–Crippen LogP) is 2.32. The summed E-state index contributed by atoms with van der Waals surface area (Å²) in [5, 5.41) is 0. The number of imidazole rings is 1. The normalized spacial score (nSPS) is 10.6. The molecule has 0 saturated heterocycles. The van der Waals surface area contributed by atoms with Crippen molar-refractivity contribution in [1.29, 1.82) is 0 Å². The maximum Gasteiger partial charge on any atom is 0.251 e. The molecular weight excluding hydrogens is 280 g/mol. The Kier molecular flexibility index (Phi) is 14.1. The fraction of sp³-hybridized carbons (Fsp3) is 0.833. The van der Waals surface area contributed by atoms with Gasteiger partial charge in [0, 0.05) is 6.92 Å². The molecule has 0 aromatic carbocycles. The van der Waals surface area contributed by atoms with Crippen LogP contribution in [0.3, 0.4) is 0 Å². The molecule has 1 N–H and O–H groups in total. The van der Waals surface area contributed by atoms with Crippen LogP contribution in [-0.4, -0.2) is 4.98 Å². The number of aromatic amines is 1. The average molecular weight is 315 g/mol. The van der Waals surface area contributed by atoms with Crippen molar-refractivity contribution in [3.8, 4) is 0 Å². The highest BCUT2D eigenvalue weighted by molar-refractivity contribution is 4.70. The Morgan fingerprint density at radius 2 is 1.29 bits per heavy atom. The van der Waals surface area contributed by atoms with E-state index in [-0.39, 0.29) is 12.4 Å². The van der Waals surface area contributed by atoms with Gasteiger partial charge < -0.3 is 12.4 Å². The molecule has 0 saturated carbocycles. The number of rotatable bonds is 13. The molecule has 0 aliphatic heterocycles. The average Bonchev–Trinajstić information content (AvgIpc) is 2.85. The number of hydrogen-bond acceptors (Lipinski definition) is 0. The van der Waals surface area contributed by atoms with E-state index in [1.165, 1.54) is 89.4 Å². The minimum absolute atomic E-state index is 0. The lowest BCUT2D eigenvalue weighted by Gasteiger charge is -2.02. The summed E-state index contributed by atoms with van der Waals surface area (Å²) < 4.78 is 2.32. The number of nitrogens with one attached hydrogen (secondary N) is 1. The fourth-order valence-corrected chi connectivity index (χ4v) is 2.81. The molecule has 3 heteroatoms. The highest BCUT2D eigenvalue weighted by Crippen LogP contribution is 2.11. The quantitative estimate of drug-likeness (QED) is 0.426. The van der Waals surface area contributed by atoms with Gasteiger partial charge in [0.25, 0.3) is 5.82 Å². The van der Waals surface area contributed by atoms with Crippen molar-refractivity contribution in [1.82, 2.24) is 4.98 Å². The molecule has 0 fully saturated rings. The van der Waals surface area contributed by atoms with Crippen LogP contribution < -0.4 is 17.0 Å². The molecule has 21 heavy (non-hydrogen) atoms. The summed E-state index contributed by atoms with van der Waals surface area (Å²) in [5.74, 6) is 1.27. The third kappa shape index (κ3) is 10.8. The van der Waals surface area contributed by atoms with Gasteiger partial charge in [-0.25, -0.2) is 9.55 Å². The molecular formula is C18H35ClN2. The van der Waals surface area contributed by atoms with Gasteiger partial charge >= 0.3 is 0 Å². The van der Waals surface area contributed by atoms with Crippen molar-refractivity contribution >= 4 is 0 Å². The van der Waals surface area contributed by atoms with Gasteiger partial charge in [-0.2, -0.15) is 0 Å². The van der Waals surface area contributed by atoms with E-state index in [4.69, 9.17) is 0 Å². The van der Waals surface area contributed by atoms with Gasteiger partial charge in [0.15, 0.2) is 0 Å². The van der Waals surface area contributed by atoms with Crippen molar-refractivity contribution in [2.24, 2.45) is 0 Å². The largest absolute Gasteiger partial charge is 1.00 e. The molecule has 0 spiro atoms. The lowest BCUT2D eigenvalue weighted by Crippen LogP contribution is -3.00. The molecule has 0 unspecified atom stereocenters. The molecule has 1 aromatic rings. The summed E-state index contributed by atoms with van der Waals surface area (Å²) in [6, 6.07) is 0. The molecule has 1 aromatic heterocycles. The summed E-state index contributed by atoms with van der Waals surface area (Å²) in [7, 11) is 0. The first-order chi connectivity index (χ1) is 9.84. The van der Waals surface area contributed by atoms with Crippen LogP contribution in [0.1, 0.15) is 89.8 Å². The van der Waals surface area contributed by atoms with Gasteiger partial charge in [0.2, 0.25) is 0 Å². The number of aromatic nitrogens is 2. The number of unbranched alkanes of at least 4 members (excludes halogenated alkanes) is 11. The maximum atomic E-state index is 3.22. The van der Waals surface area contributed by atoms with E-state index >= 15 is 0 Å². The molecule has 0 atom stereocenters. The summed E-state index contributed by atoms with van der Waals surface area (Å²) in [4.78, 5) is 3.22. The second kappa shape index (κ2) is 14.4. The van der Waals surface area contributed by atoms with Crippen LogP contribution in [0.5, 0.6) is 0 Å². The van der Waals surface area contributed by atoms with Crippen molar-refractivity contribution in [3.63, 3.8) is 0 Å². The summed E-state index contributed by atoms with van der Waals surface area (Å²) >= 11 is 0. The van der Waals surface area contributed by atoms with E-state index in [1.54, 1.807) is 0 Å². The molecule has 2 nitrogen and oxygen atoms in total. The number of nitrogens with zero attached hydrogens (tertiary/aromatic N) is 1. The molecule has 0 bridgehead atoms. The molecule has 1 rings (SSSR count). The molecule has 1 heterocycles. The number of H-pyrrole nitrogens is 1. The van der Waals surface area contributed by atoms with Crippen LogP contribution in [0, 0.1) is 6.92 Å². The number of hydrogen-bond donors (Lipinski definition) is 1. The molecule has 0 amide bonds. The summed E-state index contributed by atoms with van der Waals surface area (Å²) in [5.41, 5.74) is 0. The van der Waals surface area contributed by atoms with Crippen LogP contribution >= 0.6 is 0 Å². The zero-order valence-electron chi connectivity index (χ0n) is 14.2. The van der Waals surface area contributed by atoms with Crippen molar-refractivity contribution < 1.29 is 17.0 Å². The zero-order valence-corrected chi connectivity index (χ0v) is 14.9. The molecule has 0 aliphatic rings. The lowest BCUT2D eigenvalue weighted by molar-refractivity contribution is -0.702. The Labute approximate surface area is 138 Å². The first kappa shape index (κ1) is 20.5. The number of aryl methyl sites for hydroxylation is 2. The van der Waals surface area contributed by atoms with Crippen LogP contribution in [0.25, 0.3) is 0 Å². The Balaban J connectivity index is 0.00000400. The third-order valence-corrected chi connectivity index (χ3v) is 4.23. The van der Waals surface area contributed by atoms with Crippen LogP contribution in [0.15, 0.2) is 12.4 Å². The van der Waals surface area contributed by atoms with E-state index in [0.29, 0.717) is 0 Å². The second-order valence-corrected chi connectivity index (χ2v) is 6.13. The molecule has 0 radical (unpaired) electrons. The van der Waals surface area contributed by atoms with Crippen molar-refractivity contribution in [2.75, 3.05) is 0 Å². The Bertz CT molecular complexity index is 323. The Hall–Kier alpha value is -0.500. The van der Waals surface area contributed by atoms with E-state index < -0.39 is 0 Å². The molecule has 124 valence electrons. The first-order valence-electron chi connectivity index (χ1n) is 8.88. The second-order valence-electron chi connectivity index (χ2n) is 6.13. The third-order valence-electron chi connectivity index (χ3n) is 4.23. The fourth-order valence-electron chi connectivity index (χ4n) is 2.81. The minimum atomic E-state index is 0. The van der Waals surface area contributed by atoms with Gasteiger partial charge in [-0.05, 0) is 12.8 Å². The summed E-state index contributed by atoms with van der Waals surface area (Å²) in [6.45, 7) is 5.60. The van der Waals surface area contributed by atoms with E-state index in [0.717, 1.165) is 0 Å². The van der Waals surface area contributed by atoms with Crippen molar-refractivity contribution in [3.05, 3.63) is 18.2 Å². The van der Waals surface area contributed by atoms with E-state index in [2.05, 4.69) is 29.6 Å². The highest BCUT2D eigenvalue weighted by Gasteiger charge is 2.02. The standard InChI is InChI=1S/C18H34N2.ClH/c1-3-4-5-6-7-8-9-10-11-12-13-14-16-20-17-15-19-18(20)2;/h15,17H,3-14,16H2,1-2H3;1H. The van der Waals surface area contributed by atoms with Gasteiger partial charge in [0.1, 0.15) is 12.4 Å². The minimum Gasteiger partial charge on any atom is -1.00 e. The van der Waals surface area contributed by atoms with Crippen LogP contribution in [0.2, 0.25) is 0 Å². The number of halogens is 1. The Morgan fingerprint density at radius 1 is 0.810 bits per heavy atom. The Morgan fingerprint density at radius 3 is 1.71 bits per heavy atom. The monoisotopic (exact) mass is 314 g/mol. The van der Waals surface area contributed by atoms with Gasteiger partial charge in [-0.15, -0.1) is 0 Å². The van der Waals surface area contributed by atoms with E-state index in [1.807, 2.05) is 6.20 Å². The van der Waals surface area contributed by atoms with Gasteiger partial charge in [0.05, 0.1) is 6.54 Å². The lowest BCUT2D eigenvalue weighted by atomic mass is 10.1. The van der Waals surface area contributed by atoms with Gasteiger partial charge in [-0.1, -0.05) is 71.1 Å². The zero-order chi connectivity index (χ0) is 14.5. The van der Waals surface area contributed by atoms with E-state index in [9.17, 15) is 0 Å². The molecule has 0 aliphatic carbocycles. The topological polar surface area (TPSA) is 19.7 Å².